The third-order valence-electron chi connectivity index (χ3n) is 3.94. The molecule has 0 unspecified atom stereocenters. The third kappa shape index (κ3) is 7.99. The van der Waals surface area contributed by atoms with Crippen LogP contribution in [-0.2, 0) is 6.42 Å². The highest BCUT2D eigenvalue weighted by molar-refractivity contribution is 5.90. The first-order valence-corrected chi connectivity index (χ1v) is 9.58. The number of para-hydroxylation sites is 1. The standard InChI is InChI=1S/C13H10O2.C10H17N3/c14-13(11-7-3-1-4-8-11)15-12-9-5-2-6-10-12;1-2-3-4-5-6-10-12-8-7-9(11)13-10/h1-10H;7-8H,2-6H2,1H3,(H2,11,12,13). The van der Waals surface area contributed by atoms with Crippen LogP contribution in [0.25, 0.3) is 0 Å². The first kappa shape index (κ1) is 21.1. The van der Waals surface area contributed by atoms with Crippen LogP contribution < -0.4 is 10.5 Å². The fourth-order valence-corrected chi connectivity index (χ4v) is 2.47. The number of carbonyl (C=O) groups is 1. The highest BCUT2D eigenvalue weighted by atomic mass is 16.5. The van der Waals surface area contributed by atoms with Crippen molar-refractivity contribution in [2.45, 2.75) is 39.0 Å². The number of unbranched alkanes of at least 4 members (excludes halogenated alkanes) is 3. The lowest BCUT2D eigenvalue weighted by atomic mass is 10.1. The van der Waals surface area contributed by atoms with E-state index in [4.69, 9.17) is 10.5 Å². The number of nitrogens with two attached hydrogens (primary N) is 1. The Hall–Kier alpha value is -3.21. The summed E-state index contributed by atoms with van der Waals surface area (Å²) >= 11 is 0. The molecule has 146 valence electrons. The zero-order chi connectivity index (χ0) is 20.0. The Balaban J connectivity index is 0.000000203. The molecule has 0 aliphatic carbocycles. The number of anilines is 1. The molecular formula is C23H27N3O2. The molecule has 0 bridgehead atoms. The number of benzene rings is 2. The van der Waals surface area contributed by atoms with E-state index in [0.717, 1.165) is 18.7 Å². The Morgan fingerprint density at radius 1 is 0.929 bits per heavy atom. The van der Waals surface area contributed by atoms with E-state index < -0.39 is 0 Å². The molecule has 0 spiro atoms. The summed E-state index contributed by atoms with van der Waals surface area (Å²) < 4.78 is 5.16. The van der Waals surface area contributed by atoms with Gasteiger partial charge in [0.1, 0.15) is 17.4 Å². The number of esters is 1. The number of carbonyl (C=O) groups excluding carboxylic acids is 1. The van der Waals surface area contributed by atoms with Gasteiger partial charge in [-0.3, -0.25) is 0 Å². The van der Waals surface area contributed by atoms with Gasteiger partial charge in [0, 0.05) is 12.6 Å². The van der Waals surface area contributed by atoms with Gasteiger partial charge in [-0.2, -0.15) is 0 Å². The van der Waals surface area contributed by atoms with Crippen molar-refractivity contribution >= 4 is 11.8 Å². The van der Waals surface area contributed by atoms with Crippen molar-refractivity contribution in [2.75, 3.05) is 5.73 Å². The Labute approximate surface area is 166 Å². The van der Waals surface area contributed by atoms with Gasteiger partial charge < -0.3 is 10.5 Å². The van der Waals surface area contributed by atoms with E-state index in [0.29, 0.717) is 17.1 Å². The summed E-state index contributed by atoms with van der Waals surface area (Å²) in [6.07, 6.45) is 7.65. The highest BCUT2D eigenvalue weighted by Gasteiger charge is 2.06. The zero-order valence-corrected chi connectivity index (χ0v) is 16.3. The zero-order valence-electron chi connectivity index (χ0n) is 16.3. The molecule has 2 N–H and O–H groups in total. The Morgan fingerprint density at radius 2 is 1.61 bits per heavy atom. The van der Waals surface area contributed by atoms with Gasteiger partial charge >= 0.3 is 5.97 Å². The first-order chi connectivity index (χ1) is 13.7. The maximum atomic E-state index is 11.6. The average Bonchev–Trinajstić information content (AvgIpc) is 2.73. The molecule has 28 heavy (non-hydrogen) atoms. The van der Waals surface area contributed by atoms with Crippen LogP contribution >= 0.6 is 0 Å². The maximum absolute atomic E-state index is 11.6. The van der Waals surface area contributed by atoms with Crippen LogP contribution in [0.1, 0.15) is 48.8 Å². The van der Waals surface area contributed by atoms with E-state index in [1.54, 1.807) is 36.5 Å². The second-order valence-electron chi connectivity index (χ2n) is 6.28. The minimum absolute atomic E-state index is 0.332. The molecule has 5 heteroatoms. The van der Waals surface area contributed by atoms with Gasteiger partial charge in [0.25, 0.3) is 0 Å². The predicted octanol–water partition coefficient (Wildman–Crippen LogP) is 5.09. The molecule has 3 aromatic rings. The summed E-state index contributed by atoms with van der Waals surface area (Å²) in [5.74, 6) is 1.67. The first-order valence-electron chi connectivity index (χ1n) is 9.58. The van der Waals surface area contributed by atoms with Crippen molar-refractivity contribution in [2.24, 2.45) is 0 Å². The van der Waals surface area contributed by atoms with Crippen molar-refractivity contribution in [3.63, 3.8) is 0 Å². The summed E-state index contributed by atoms with van der Waals surface area (Å²) in [6.45, 7) is 2.21. The van der Waals surface area contributed by atoms with Gasteiger partial charge in [-0.15, -0.1) is 0 Å². The number of aromatic nitrogens is 2. The van der Waals surface area contributed by atoms with Gasteiger partial charge in [-0.25, -0.2) is 14.8 Å². The topological polar surface area (TPSA) is 78.1 Å². The molecule has 1 heterocycles. The number of rotatable bonds is 7. The fourth-order valence-electron chi connectivity index (χ4n) is 2.47. The van der Waals surface area contributed by atoms with E-state index in [1.165, 1.54) is 19.3 Å². The summed E-state index contributed by atoms with van der Waals surface area (Å²) in [6, 6.07) is 19.7. The Kier molecular flexibility index (Phi) is 9.21. The van der Waals surface area contributed by atoms with Crippen LogP contribution in [-0.4, -0.2) is 15.9 Å². The minimum atomic E-state index is -0.332. The van der Waals surface area contributed by atoms with E-state index in [-0.39, 0.29) is 5.97 Å². The van der Waals surface area contributed by atoms with Crippen LogP contribution in [0.15, 0.2) is 72.9 Å². The van der Waals surface area contributed by atoms with Crippen molar-refractivity contribution < 1.29 is 9.53 Å². The van der Waals surface area contributed by atoms with Crippen LogP contribution in [0.5, 0.6) is 5.75 Å². The molecule has 0 saturated carbocycles. The smallest absolute Gasteiger partial charge is 0.343 e. The van der Waals surface area contributed by atoms with Crippen LogP contribution in [0.4, 0.5) is 5.82 Å². The molecule has 0 fully saturated rings. The highest BCUT2D eigenvalue weighted by Crippen LogP contribution is 2.11. The fraction of sp³-hybridized carbons (Fsp3) is 0.261. The molecule has 3 rings (SSSR count). The molecule has 1 aromatic heterocycles. The van der Waals surface area contributed by atoms with Crippen LogP contribution in [0.2, 0.25) is 0 Å². The van der Waals surface area contributed by atoms with Crippen molar-refractivity contribution in [3.8, 4) is 5.75 Å². The lowest BCUT2D eigenvalue weighted by molar-refractivity contribution is 0.0735. The van der Waals surface area contributed by atoms with Gasteiger partial charge in [0.05, 0.1) is 5.56 Å². The number of nitrogen functional groups attached to an aromatic ring is 1. The molecular weight excluding hydrogens is 350 g/mol. The SMILES string of the molecule is CCCCCCc1nccc(N)n1.O=C(Oc1ccccc1)c1ccccc1. The lowest BCUT2D eigenvalue weighted by Crippen LogP contribution is -2.07. The van der Waals surface area contributed by atoms with Crippen molar-refractivity contribution in [1.82, 2.24) is 9.97 Å². The summed E-state index contributed by atoms with van der Waals surface area (Å²) in [5.41, 5.74) is 6.09. The molecule has 0 aliphatic rings. The van der Waals surface area contributed by atoms with Crippen molar-refractivity contribution in [1.29, 1.82) is 0 Å². The summed E-state index contributed by atoms with van der Waals surface area (Å²) in [4.78, 5) is 19.9. The predicted molar refractivity (Wildman–Crippen MR) is 112 cm³/mol. The van der Waals surface area contributed by atoms with Crippen LogP contribution in [0.3, 0.4) is 0 Å². The van der Waals surface area contributed by atoms with E-state index in [9.17, 15) is 4.79 Å². The van der Waals surface area contributed by atoms with E-state index >= 15 is 0 Å². The number of hydrogen-bond acceptors (Lipinski definition) is 5. The second-order valence-corrected chi connectivity index (χ2v) is 6.28. The van der Waals surface area contributed by atoms with Crippen molar-refractivity contribution in [3.05, 3.63) is 84.3 Å². The van der Waals surface area contributed by atoms with Gasteiger partial charge in [0.2, 0.25) is 0 Å². The largest absolute Gasteiger partial charge is 0.423 e. The lowest BCUT2D eigenvalue weighted by Gasteiger charge is -2.02. The van der Waals surface area contributed by atoms with E-state index in [1.807, 2.05) is 36.4 Å². The van der Waals surface area contributed by atoms with E-state index in [2.05, 4.69) is 16.9 Å². The number of hydrogen-bond donors (Lipinski definition) is 1. The number of ether oxygens (including phenoxy) is 1. The average molecular weight is 377 g/mol. The van der Waals surface area contributed by atoms with Crippen LogP contribution in [0, 0.1) is 0 Å². The maximum Gasteiger partial charge on any atom is 0.343 e. The molecule has 2 aromatic carbocycles. The molecule has 5 nitrogen and oxygen atoms in total. The van der Waals surface area contributed by atoms with Gasteiger partial charge in [-0.1, -0.05) is 62.6 Å². The van der Waals surface area contributed by atoms with Gasteiger partial charge in [0.15, 0.2) is 0 Å². The summed E-state index contributed by atoms with van der Waals surface area (Å²) in [7, 11) is 0. The molecule has 0 aliphatic heterocycles. The normalized spacial score (nSPS) is 9.89. The molecule has 0 saturated heterocycles. The molecule has 0 amide bonds. The molecule has 0 radical (unpaired) electrons. The Morgan fingerprint density at radius 3 is 2.25 bits per heavy atom. The number of nitrogens with zero attached hydrogens (tertiary/aromatic N) is 2. The van der Waals surface area contributed by atoms with Gasteiger partial charge in [-0.05, 0) is 36.8 Å². The summed E-state index contributed by atoms with van der Waals surface area (Å²) in [5, 5.41) is 0. The Bertz CT molecular complexity index is 824. The monoisotopic (exact) mass is 377 g/mol. The second kappa shape index (κ2) is 12.2. The number of aryl methyl sites for hydroxylation is 1. The minimum Gasteiger partial charge on any atom is -0.423 e. The quantitative estimate of drug-likeness (QED) is 0.353. The third-order valence-corrected chi connectivity index (χ3v) is 3.94. The molecule has 0 atom stereocenters.